The van der Waals surface area contributed by atoms with Gasteiger partial charge in [-0.15, -0.1) is 0 Å². The van der Waals surface area contributed by atoms with Crippen LogP contribution in [0.4, 0.5) is 0 Å². The molecular weight excluding hydrogens is 226 g/mol. The molecule has 0 spiro atoms. The van der Waals surface area contributed by atoms with Crippen molar-refractivity contribution in [2.24, 2.45) is 11.3 Å². The molecule has 1 saturated heterocycles. The van der Waals surface area contributed by atoms with E-state index in [1.165, 1.54) is 12.8 Å². The first kappa shape index (κ1) is 14.3. The molecule has 1 N–H and O–H groups in total. The molecule has 0 radical (unpaired) electrons. The monoisotopic (exact) mass is 255 g/mol. The molecule has 0 bridgehead atoms. The van der Waals surface area contributed by atoms with Gasteiger partial charge in [0.15, 0.2) is 0 Å². The minimum absolute atomic E-state index is 0.126. The average molecular weight is 255 g/mol. The molecule has 3 unspecified atom stereocenters. The minimum Gasteiger partial charge on any atom is -0.391 e. The van der Waals surface area contributed by atoms with Crippen LogP contribution in [0, 0.1) is 11.3 Å². The lowest BCUT2D eigenvalue weighted by Gasteiger charge is -2.46. The summed E-state index contributed by atoms with van der Waals surface area (Å²) in [6.45, 7) is 7.79. The van der Waals surface area contributed by atoms with Crippen molar-refractivity contribution in [3.05, 3.63) is 0 Å². The summed E-state index contributed by atoms with van der Waals surface area (Å²) in [5, 5.41) is 10.3. The van der Waals surface area contributed by atoms with Crippen LogP contribution < -0.4 is 0 Å². The lowest BCUT2D eigenvalue weighted by Crippen LogP contribution is -2.52. The molecule has 2 fully saturated rings. The highest BCUT2D eigenvalue weighted by atomic mass is 16.5. The number of nitrogens with zero attached hydrogens (tertiary/aromatic N) is 1. The number of piperidine rings is 1. The van der Waals surface area contributed by atoms with Crippen molar-refractivity contribution < 1.29 is 9.84 Å². The summed E-state index contributed by atoms with van der Waals surface area (Å²) >= 11 is 0. The number of rotatable bonds is 3. The van der Waals surface area contributed by atoms with E-state index in [-0.39, 0.29) is 6.10 Å². The van der Waals surface area contributed by atoms with Crippen LogP contribution in [0.3, 0.4) is 0 Å². The van der Waals surface area contributed by atoms with Crippen molar-refractivity contribution in [1.82, 2.24) is 4.90 Å². The van der Waals surface area contributed by atoms with Crippen molar-refractivity contribution in [3.8, 4) is 0 Å². The van der Waals surface area contributed by atoms with Crippen LogP contribution in [0.2, 0.25) is 0 Å². The lowest BCUT2D eigenvalue weighted by molar-refractivity contribution is -0.0381. The highest BCUT2D eigenvalue weighted by molar-refractivity contribution is 4.92. The molecule has 0 amide bonds. The van der Waals surface area contributed by atoms with E-state index in [0.717, 1.165) is 39.0 Å². The van der Waals surface area contributed by atoms with E-state index in [1.807, 2.05) is 0 Å². The van der Waals surface area contributed by atoms with Gasteiger partial charge in [-0.05, 0) is 50.0 Å². The zero-order chi connectivity index (χ0) is 13.2. The molecule has 0 aromatic rings. The summed E-state index contributed by atoms with van der Waals surface area (Å²) in [7, 11) is 1.79. The fourth-order valence-corrected chi connectivity index (χ4v) is 3.68. The van der Waals surface area contributed by atoms with E-state index in [0.29, 0.717) is 17.4 Å². The molecule has 3 atom stereocenters. The Morgan fingerprint density at radius 2 is 2.11 bits per heavy atom. The summed E-state index contributed by atoms with van der Waals surface area (Å²) in [5.41, 5.74) is 0.387. The smallest absolute Gasteiger partial charge is 0.0695 e. The average Bonchev–Trinajstić information content (AvgIpc) is 2.33. The first-order valence-corrected chi connectivity index (χ1v) is 7.43. The largest absolute Gasteiger partial charge is 0.391 e. The first-order valence-electron chi connectivity index (χ1n) is 7.43. The van der Waals surface area contributed by atoms with Gasteiger partial charge in [0.05, 0.1) is 12.7 Å². The minimum atomic E-state index is -0.126. The van der Waals surface area contributed by atoms with Crippen LogP contribution in [0.25, 0.3) is 0 Å². The number of methoxy groups -OCH3 is 1. The second-order valence-electron chi connectivity index (χ2n) is 7.00. The van der Waals surface area contributed by atoms with Gasteiger partial charge < -0.3 is 9.84 Å². The van der Waals surface area contributed by atoms with E-state index in [1.54, 1.807) is 7.11 Å². The Labute approximate surface area is 112 Å². The molecule has 2 aliphatic rings. The topological polar surface area (TPSA) is 32.7 Å². The molecule has 3 heteroatoms. The SMILES string of the molecule is COCC1CCCN(C2CC(C)(C)CCC2O)C1. The third-order valence-corrected chi connectivity index (χ3v) is 4.74. The van der Waals surface area contributed by atoms with Gasteiger partial charge in [0.1, 0.15) is 0 Å². The summed E-state index contributed by atoms with van der Waals surface area (Å²) in [5.74, 6) is 0.654. The van der Waals surface area contributed by atoms with Crippen molar-refractivity contribution in [1.29, 1.82) is 0 Å². The molecule has 0 aromatic carbocycles. The Bertz CT molecular complexity index is 265. The predicted octanol–water partition coefficient (Wildman–Crippen LogP) is 2.28. The van der Waals surface area contributed by atoms with Crippen LogP contribution in [0.15, 0.2) is 0 Å². The van der Waals surface area contributed by atoms with Gasteiger partial charge in [-0.2, -0.15) is 0 Å². The van der Waals surface area contributed by atoms with E-state index in [2.05, 4.69) is 18.7 Å². The molecule has 1 aliphatic heterocycles. The maximum Gasteiger partial charge on any atom is 0.0695 e. The van der Waals surface area contributed by atoms with Crippen LogP contribution in [-0.2, 0) is 4.74 Å². The Hall–Kier alpha value is -0.120. The van der Waals surface area contributed by atoms with Crippen LogP contribution in [-0.4, -0.2) is 49.0 Å². The number of ether oxygens (including phenoxy) is 1. The van der Waals surface area contributed by atoms with Gasteiger partial charge in [-0.25, -0.2) is 0 Å². The number of hydrogen-bond acceptors (Lipinski definition) is 3. The molecular formula is C15H29NO2. The molecule has 2 rings (SSSR count). The van der Waals surface area contributed by atoms with Crippen LogP contribution in [0.1, 0.15) is 46.0 Å². The van der Waals surface area contributed by atoms with Crippen molar-refractivity contribution in [3.63, 3.8) is 0 Å². The maximum absolute atomic E-state index is 10.3. The van der Waals surface area contributed by atoms with Crippen LogP contribution in [0.5, 0.6) is 0 Å². The van der Waals surface area contributed by atoms with Gasteiger partial charge in [0.2, 0.25) is 0 Å². The van der Waals surface area contributed by atoms with Crippen molar-refractivity contribution in [2.45, 2.75) is 58.1 Å². The second kappa shape index (κ2) is 5.89. The Morgan fingerprint density at radius 3 is 2.83 bits per heavy atom. The van der Waals surface area contributed by atoms with E-state index in [9.17, 15) is 5.11 Å². The zero-order valence-corrected chi connectivity index (χ0v) is 12.2. The Morgan fingerprint density at radius 1 is 1.33 bits per heavy atom. The number of hydrogen-bond donors (Lipinski definition) is 1. The van der Waals surface area contributed by atoms with E-state index >= 15 is 0 Å². The molecule has 1 heterocycles. The Kier molecular flexibility index (Phi) is 4.68. The van der Waals surface area contributed by atoms with Gasteiger partial charge in [-0.1, -0.05) is 13.8 Å². The zero-order valence-electron chi connectivity index (χ0n) is 12.2. The summed E-state index contributed by atoms with van der Waals surface area (Å²) in [6.07, 6.45) is 5.64. The fraction of sp³-hybridized carbons (Fsp3) is 1.00. The fourth-order valence-electron chi connectivity index (χ4n) is 3.68. The number of likely N-dealkylation sites (tertiary alicyclic amines) is 1. The maximum atomic E-state index is 10.3. The van der Waals surface area contributed by atoms with Gasteiger partial charge in [-0.3, -0.25) is 4.90 Å². The molecule has 106 valence electrons. The quantitative estimate of drug-likeness (QED) is 0.840. The van der Waals surface area contributed by atoms with E-state index < -0.39 is 0 Å². The normalized spacial score (nSPS) is 37.7. The number of aliphatic hydroxyl groups is 1. The highest BCUT2D eigenvalue weighted by Gasteiger charge is 2.38. The molecule has 1 aliphatic carbocycles. The van der Waals surface area contributed by atoms with Gasteiger partial charge >= 0.3 is 0 Å². The summed E-state index contributed by atoms with van der Waals surface area (Å²) < 4.78 is 5.30. The second-order valence-corrected chi connectivity index (χ2v) is 7.00. The Balaban J connectivity index is 1.96. The van der Waals surface area contributed by atoms with Crippen molar-refractivity contribution in [2.75, 3.05) is 26.8 Å². The van der Waals surface area contributed by atoms with E-state index in [4.69, 9.17) is 4.74 Å². The third kappa shape index (κ3) is 3.46. The van der Waals surface area contributed by atoms with Crippen LogP contribution >= 0.6 is 0 Å². The van der Waals surface area contributed by atoms with Crippen molar-refractivity contribution >= 4 is 0 Å². The van der Waals surface area contributed by atoms with Gasteiger partial charge in [0.25, 0.3) is 0 Å². The standard InChI is InChI=1S/C15H29NO2/c1-15(2)7-6-14(17)13(9-15)16-8-4-5-12(10-16)11-18-3/h12-14,17H,4-11H2,1-3H3. The lowest BCUT2D eigenvalue weighted by atomic mass is 9.73. The predicted molar refractivity (Wildman–Crippen MR) is 73.6 cm³/mol. The summed E-state index contributed by atoms with van der Waals surface area (Å²) in [6, 6.07) is 0.369. The first-order chi connectivity index (χ1) is 8.52. The molecule has 1 saturated carbocycles. The molecule has 0 aromatic heterocycles. The summed E-state index contributed by atoms with van der Waals surface area (Å²) in [4.78, 5) is 2.53. The van der Waals surface area contributed by atoms with Gasteiger partial charge in [0, 0.05) is 19.7 Å². The molecule has 3 nitrogen and oxygen atoms in total. The highest BCUT2D eigenvalue weighted by Crippen LogP contribution is 2.38. The third-order valence-electron chi connectivity index (χ3n) is 4.74. The molecule has 18 heavy (non-hydrogen) atoms. The number of aliphatic hydroxyl groups excluding tert-OH is 1.